The van der Waals surface area contributed by atoms with Gasteiger partial charge in [0.1, 0.15) is 18.1 Å². The Labute approximate surface area is 171 Å². The number of Topliss-reactive ketones (excluding diaryl/α,β-unsaturated/α-hetero) is 1. The number of benzene rings is 3. The van der Waals surface area contributed by atoms with E-state index in [-0.39, 0.29) is 11.7 Å². The lowest BCUT2D eigenvalue weighted by Gasteiger charge is -2.24. The highest BCUT2D eigenvalue weighted by atomic mass is 16.5. The van der Waals surface area contributed by atoms with E-state index in [0.29, 0.717) is 25.1 Å². The lowest BCUT2D eigenvalue weighted by Crippen LogP contribution is -2.17. The molecule has 29 heavy (non-hydrogen) atoms. The minimum absolute atomic E-state index is 0.0318. The molecule has 3 N–H and O–H groups in total. The number of carbonyl (C=O) groups excluding carboxylic acids is 1. The van der Waals surface area contributed by atoms with E-state index in [0.717, 1.165) is 28.3 Å². The zero-order valence-corrected chi connectivity index (χ0v) is 16.2. The van der Waals surface area contributed by atoms with Crippen LogP contribution in [0.2, 0.25) is 0 Å². The Morgan fingerprint density at radius 2 is 1.66 bits per heavy atom. The van der Waals surface area contributed by atoms with Crippen molar-refractivity contribution in [2.75, 3.05) is 11.1 Å². The molecule has 4 nitrogen and oxygen atoms in total. The van der Waals surface area contributed by atoms with E-state index in [2.05, 4.69) is 11.4 Å². The van der Waals surface area contributed by atoms with Crippen molar-refractivity contribution >= 4 is 17.2 Å². The van der Waals surface area contributed by atoms with E-state index < -0.39 is 0 Å². The zero-order valence-electron chi connectivity index (χ0n) is 16.2. The highest BCUT2D eigenvalue weighted by Crippen LogP contribution is 2.35. The number of nitrogens with two attached hydrogens (primary N) is 1. The molecule has 0 saturated carbocycles. The number of hydrogen-bond acceptors (Lipinski definition) is 4. The second-order valence-corrected chi connectivity index (χ2v) is 7.24. The monoisotopic (exact) mass is 384 g/mol. The van der Waals surface area contributed by atoms with Crippen LogP contribution in [0.4, 0.5) is 11.4 Å². The summed E-state index contributed by atoms with van der Waals surface area (Å²) in [6, 6.07) is 25.6. The smallest absolute Gasteiger partial charge is 0.139 e. The van der Waals surface area contributed by atoms with Gasteiger partial charge in [-0.1, -0.05) is 66.7 Å². The van der Waals surface area contributed by atoms with Crippen LogP contribution in [0.5, 0.6) is 5.75 Å². The number of allylic oxidation sites excluding steroid dienone is 2. The highest BCUT2D eigenvalue weighted by molar-refractivity contribution is 5.85. The fourth-order valence-electron chi connectivity index (χ4n) is 3.61. The van der Waals surface area contributed by atoms with Gasteiger partial charge >= 0.3 is 0 Å². The molecule has 0 bridgehead atoms. The van der Waals surface area contributed by atoms with Gasteiger partial charge in [-0.25, -0.2) is 0 Å². The number of carbonyl (C=O) groups is 1. The second kappa shape index (κ2) is 8.65. The molecule has 1 aliphatic carbocycles. The number of hydrogen-bond donors (Lipinski definition) is 2. The van der Waals surface area contributed by atoms with Crippen LogP contribution in [0.15, 0.2) is 90.6 Å². The summed E-state index contributed by atoms with van der Waals surface area (Å²) in [5, 5.41) is 3.33. The first-order valence-electron chi connectivity index (χ1n) is 9.78. The zero-order chi connectivity index (χ0) is 20.1. The van der Waals surface area contributed by atoms with Crippen molar-refractivity contribution in [1.29, 1.82) is 0 Å². The van der Waals surface area contributed by atoms with Crippen molar-refractivity contribution in [3.8, 4) is 5.75 Å². The van der Waals surface area contributed by atoms with Gasteiger partial charge in [0.2, 0.25) is 0 Å². The molecule has 0 aliphatic heterocycles. The van der Waals surface area contributed by atoms with Gasteiger partial charge in [-0.2, -0.15) is 0 Å². The summed E-state index contributed by atoms with van der Waals surface area (Å²) in [5.74, 6) is 0.980. The third kappa shape index (κ3) is 4.66. The second-order valence-electron chi connectivity index (χ2n) is 7.24. The van der Waals surface area contributed by atoms with Crippen molar-refractivity contribution in [2.45, 2.75) is 25.4 Å². The Kier molecular flexibility index (Phi) is 5.61. The van der Waals surface area contributed by atoms with E-state index in [9.17, 15) is 4.79 Å². The summed E-state index contributed by atoms with van der Waals surface area (Å²) in [7, 11) is 0. The van der Waals surface area contributed by atoms with Crippen molar-refractivity contribution < 1.29 is 9.53 Å². The van der Waals surface area contributed by atoms with Gasteiger partial charge in [-0.15, -0.1) is 0 Å². The molecule has 4 heteroatoms. The van der Waals surface area contributed by atoms with Crippen molar-refractivity contribution in [3.63, 3.8) is 0 Å². The van der Waals surface area contributed by atoms with Crippen LogP contribution in [0.25, 0.3) is 0 Å². The molecule has 0 fully saturated rings. The summed E-state index contributed by atoms with van der Waals surface area (Å²) in [4.78, 5) is 12.5. The largest absolute Gasteiger partial charge is 0.489 e. The maximum Gasteiger partial charge on any atom is 0.139 e. The normalized spacial score (nSPS) is 16.2. The Morgan fingerprint density at radius 3 is 2.48 bits per heavy atom. The lowest BCUT2D eigenvalue weighted by molar-refractivity contribution is -0.118. The summed E-state index contributed by atoms with van der Waals surface area (Å²) in [6.07, 6.45) is 2.98. The molecular weight excluding hydrogens is 360 g/mol. The number of para-hydroxylation sites is 3. The summed E-state index contributed by atoms with van der Waals surface area (Å²) in [6.45, 7) is 0.494. The predicted octanol–water partition coefficient (Wildman–Crippen LogP) is 5.29. The molecular formula is C25H24N2O2. The maximum atomic E-state index is 12.5. The molecule has 0 saturated heterocycles. The third-order valence-electron chi connectivity index (χ3n) is 5.05. The van der Waals surface area contributed by atoms with Gasteiger partial charge in [0.05, 0.1) is 11.4 Å². The molecule has 3 aromatic carbocycles. The van der Waals surface area contributed by atoms with E-state index in [1.165, 1.54) is 0 Å². The summed E-state index contributed by atoms with van der Waals surface area (Å²) >= 11 is 0. The number of nitrogen functional groups attached to an aromatic ring is 1. The number of ketones is 1. The number of anilines is 2. The average molecular weight is 384 g/mol. The SMILES string of the molecule is Nc1ccccc1NC1=CC(c2ccccc2OCc2ccccc2)CC(=O)C1. The number of nitrogens with one attached hydrogen (secondary N) is 1. The number of ether oxygens (including phenoxy) is 1. The Balaban J connectivity index is 1.57. The average Bonchev–Trinajstić information content (AvgIpc) is 2.74. The van der Waals surface area contributed by atoms with Crippen molar-refractivity contribution in [3.05, 3.63) is 102 Å². The lowest BCUT2D eigenvalue weighted by atomic mass is 9.86. The minimum atomic E-state index is -0.0318. The molecule has 4 rings (SSSR count). The van der Waals surface area contributed by atoms with Crippen LogP contribution in [-0.2, 0) is 11.4 Å². The fourth-order valence-corrected chi connectivity index (χ4v) is 3.61. The van der Waals surface area contributed by atoms with Crippen LogP contribution in [0, 0.1) is 0 Å². The van der Waals surface area contributed by atoms with Crippen LogP contribution in [-0.4, -0.2) is 5.78 Å². The Morgan fingerprint density at radius 1 is 0.931 bits per heavy atom. The first-order valence-corrected chi connectivity index (χ1v) is 9.78. The van der Waals surface area contributed by atoms with Gasteiger partial charge in [-0.05, 0) is 23.8 Å². The number of rotatable bonds is 6. The quantitative estimate of drug-likeness (QED) is 0.567. The molecule has 1 aliphatic rings. The molecule has 0 amide bonds. The fraction of sp³-hybridized carbons (Fsp3) is 0.160. The van der Waals surface area contributed by atoms with Crippen LogP contribution < -0.4 is 15.8 Å². The first-order chi connectivity index (χ1) is 14.2. The van der Waals surface area contributed by atoms with E-state index >= 15 is 0 Å². The van der Waals surface area contributed by atoms with Gasteiger partial charge < -0.3 is 15.8 Å². The van der Waals surface area contributed by atoms with E-state index in [1.54, 1.807) is 0 Å². The van der Waals surface area contributed by atoms with Crippen LogP contribution in [0.3, 0.4) is 0 Å². The summed E-state index contributed by atoms with van der Waals surface area (Å²) < 4.78 is 6.10. The molecule has 0 aromatic heterocycles. The maximum absolute atomic E-state index is 12.5. The highest BCUT2D eigenvalue weighted by Gasteiger charge is 2.24. The standard InChI is InChI=1S/C25H24N2O2/c26-23-11-5-6-12-24(23)27-20-14-19(15-21(28)16-20)22-10-4-7-13-25(22)29-17-18-8-2-1-3-9-18/h1-14,19,27H,15-17,26H2. The van der Waals surface area contributed by atoms with Gasteiger partial charge in [-0.3, -0.25) is 4.79 Å². The molecule has 1 unspecified atom stereocenters. The van der Waals surface area contributed by atoms with Crippen molar-refractivity contribution in [1.82, 2.24) is 0 Å². The van der Waals surface area contributed by atoms with Gasteiger partial charge in [0.15, 0.2) is 0 Å². The molecule has 0 heterocycles. The molecule has 1 atom stereocenters. The van der Waals surface area contributed by atoms with Crippen LogP contribution >= 0.6 is 0 Å². The Bertz CT molecular complexity index is 1030. The predicted molar refractivity (Wildman–Crippen MR) is 117 cm³/mol. The molecule has 3 aromatic rings. The molecule has 146 valence electrons. The minimum Gasteiger partial charge on any atom is -0.489 e. The molecule has 0 spiro atoms. The molecule has 0 radical (unpaired) electrons. The van der Waals surface area contributed by atoms with Crippen molar-refractivity contribution in [2.24, 2.45) is 0 Å². The van der Waals surface area contributed by atoms with Crippen LogP contribution in [0.1, 0.15) is 29.9 Å². The summed E-state index contributed by atoms with van der Waals surface area (Å²) in [5.41, 5.74) is 10.5. The van der Waals surface area contributed by atoms with Gasteiger partial charge in [0.25, 0.3) is 0 Å². The van der Waals surface area contributed by atoms with Gasteiger partial charge in [0, 0.05) is 30.0 Å². The van der Waals surface area contributed by atoms with E-state index in [4.69, 9.17) is 10.5 Å². The van der Waals surface area contributed by atoms with E-state index in [1.807, 2.05) is 78.9 Å². The first kappa shape index (κ1) is 18.8. The third-order valence-corrected chi connectivity index (χ3v) is 5.05. The topological polar surface area (TPSA) is 64.3 Å². The Hall–Kier alpha value is -3.53.